The molecule has 3 rings (SSSR count). The fourth-order valence-corrected chi connectivity index (χ4v) is 4.61. The van der Waals surface area contributed by atoms with E-state index in [2.05, 4.69) is 10.3 Å². The van der Waals surface area contributed by atoms with Gasteiger partial charge in [-0.25, -0.2) is 4.98 Å². The predicted octanol–water partition coefficient (Wildman–Crippen LogP) is 2.41. The molecule has 0 saturated carbocycles. The van der Waals surface area contributed by atoms with Gasteiger partial charge in [0.1, 0.15) is 6.54 Å². The Hall–Kier alpha value is -2.73. The maximum Gasteiger partial charge on any atom is 0.254 e. The molecule has 0 atom stereocenters. The lowest BCUT2D eigenvalue weighted by molar-refractivity contribution is -0.138. The Morgan fingerprint density at radius 2 is 1.81 bits per heavy atom. The molecule has 194 valence electrons. The van der Waals surface area contributed by atoms with Crippen molar-refractivity contribution in [1.29, 1.82) is 0 Å². The number of halogens is 2. The molecule has 13 heteroatoms. The number of amides is 4. The molecule has 1 aliphatic rings. The molecule has 1 saturated heterocycles. The van der Waals surface area contributed by atoms with E-state index in [0.717, 1.165) is 0 Å². The van der Waals surface area contributed by atoms with Gasteiger partial charge in [0.05, 0.1) is 28.8 Å². The van der Waals surface area contributed by atoms with Crippen LogP contribution in [0, 0.1) is 0 Å². The molecule has 0 radical (unpaired) electrons. The molecular weight excluding hydrogens is 529 g/mol. The van der Waals surface area contributed by atoms with Crippen LogP contribution in [-0.2, 0) is 25.5 Å². The minimum absolute atomic E-state index is 0.00133. The standard InChI is InChI=1S/C23H27Cl2N5O5S/c1-15(31)28-5-7-29(8-6-28)21(33)12-17-14-36-23(26-17)27-20(32)13-30(9-10-35-2)22(34)16-3-4-18(24)19(25)11-16/h3-4,11,14H,5-10,12-13H2,1-2H3,(H,26,27,32). The Kier molecular flexibility index (Phi) is 10.1. The van der Waals surface area contributed by atoms with E-state index in [9.17, 15) is 19.2 Å². The maximum atomic E-state index is 12.9. The van der Waals surface area contributed by atoms with Crippen LogP contribution in [0.25, 0.3) is 0 Å². The number of methoxy groups -OCH3 is 1. The highest BCUT2D eigenvalue weighted by Crippen LogP contribution is 2.23. The third kappa shape index (κ3) is 7.63. The first-order valence-corrected chi connectivity index (χ1v) is 12.8. The fourth-order valence-electron chi connectivity index (χ4n) is 3.58. The van der Waals surface area contributed by atoms with E-state index in [1.807, 2.05) is 0 Å². The van der Waals surface area contributed by atoms with Crippen LogP contribution in [0.2, 0.25) is 10.0 Å². The minimum Gasteiger partial charge on any atom is -0.383 e. The maximum absolute atomic E-state index is 12.9. The summed E-state index contributed by atoms with van der Waals surface area (Å²) in [7, 11) is 1.50. The number of carbonyl (C=O) groups excluding carboxylic acids is 4. The summed E-state index contributed by atoms with van der Waals surface area (Å²) < 4.78 is 5.07. The molecule has 2 aromatic rings. The van der Waals surface area contributed by atoms with E-state index in [-0.39, 0.29) is 43.0 Å². The van der Waals surface area contributed by atoms with Gasteiger partial charge >= 0.3 is 0 Å². The molecule has 1 N–H and O–H groups in total. The minimum atomic E-state index is -0.438. The van der Waals surface area contributed by atoms with Gasteiger partial charge in [-0.3, -0.25) is 19.2 Å². The summed E-state index contributed by atoms with van der Waals surface area (Å²) >= 11 is 13.2. The highest BCUT2D eigenvalue weighted by molar-refractivity contribution is 7.13. The van der Waals surface area contributed by atoms with Gasteiger partial charge in [-0.2, -0.15) is 0 Å². The second-order valence-electron chi connectivity index (χ2n) is 8.10. The Morgan fingerprint density at radius 3 is 2.44 bits per heavy atom. The number of aromatic nitrogens is 1. The van der Waals surface area contributed by atoms with Crippen molar-refractivity contribution in [3.8, 4) is 0 Å². The molecular formula is C23H27Cl2N5O5S. The van der Waals surface area contributed by atoms with E-state index >= 15 is 0 Å². The lowest BCUT2D eigenvalue weighted by Gasteiger charge is -2.34. The number of hydrogen-bond donors (Lipinski definition) is 1. The third-order valence-corrected chi connectivity index (χ3v) is 7.11. The lowest BCUT2D eigenvalue weighted by atomic mass is 10.2. The normalized spacial score (nSPS) is 13.4. The van der Waals surface area contributed by atoms with E-state index < -0.39 is 11.8 Å². The van der Waals surface area contributed by atoms with Gasteiger partial charge in [-0.05, 0) is 18.2 Å². The van der Waals surface area contributed by atoms with Crippen LogP contribution in [0.15, 0.2) is 23.6 Å². The molecule has 2 heterocycles. The van der Waals surface area contributed by atoms with Crippen molar-refractivity contribution in [3.63, 3.8) is 0 Å². The van der Waals surface area contributed by atoms with Crippen LogP contribution in [0.4, 0.5) is 5.13 Å². The first kappa shape index (κ1) is 27.9. The monoisotopic (exact) mass is 555 g/mol. The molecule has 0 spiro atoms. The van der Waals surface area contributed by atoms with Gasteiger partial charge in [0.25, 0.3) is 5.91 Å². The summed E-state index contributed by atoms with van der Waals surface area (Å²) in [4.78, 5) is 58.8. The molecule has 4 amide bonds. The van der Waals surface area contributed by atoms with Crippen molar-refractivity contribution >= 4 is 63.3 Å². The molecule has 1 aliphatic heterocycles. The van der Waals surface area contributed by atoms with E-state index in [1.165, 1.54) is 42.4 Å². The van der Waals surface area contributed by atoms with Gasteiger partial charge in [0, 0.05) is 57.7 Å². The lowest BCUT2D eigenvalue weighted by Crippen LogP contribution is -2.50. The van der Waals surface area contributed by atoms with Gasteiger partial charge in [-0.15, -0.1) is 11.3 Å². The smallest absolute Gasteiger partial charge is 0.254 e. The molecule has 10 nitrogen and oxygen atoms in total. The number of nitrogens with one attached hydrogen (secondary N) is 1. The summed E-state index contributed by atoms with van der Waals surface area (Å²) in [6.45, 7) is 3.72. The Bertz CT molecular complexity index is 1120. The second kappa shape index (κ2) is 13.0. The largest absolute Gasteiger partial charge is 0.383 e. The first-order valence-electron chi connectivity index (χ1n) is 11.2. The van der Waals surface area contributed by atoms with Crippen LogP contribution in [-0.4, -0.2) is 96.3 Å². The van der Waals surface area contributed by atoms with Crippen LogP contribution in [0.1, 0.15) is 23.0 Å². The third-order valence-electron chi connectivity index (χ3n) is 5.56. The van der Waals surface area contributed by atoms with Gasteiger partial charge < -0.3 is 24.8 Å². The number of hydrogen-bond acceptors (Lipinski definition) is 7. The van der Waals surface area contributed by atoms with Crippen LogP contribution in [0.3, 0.4) is 0 Å². The zero-order chi connectivity index (χ0) is 26.2. The van der Waals surface area contributed by atoms with Crippen molar-refractivity contribution in [2.24, 2.45) is 0 Å². The van der Waals surface area contributed by atoms with E-state index in [0.29, 0.717) is 47.6 Å². The van der Waals surface area contributed by atoms with Crippen molar-refractivity contribution < 1.29 is 23.9 Å². The summed E-state index contributed by atoms with van der Waals surface area (Å²) in [5.74, 6) is -0.913. The SMILES string of the molecule is COCCN(CC(=O)Nc1nc(CC(=O)N2CCN(C(C)=O)CC2)cs1)C(=O)c1ccc(Cl)c(Cl)c1. The molecule has 36 heavy (non-hydrogen) atoms. The molecule has 0 bridgehead atoms. The quantitative estimate of drug-likeness (QED) is 0.508. The van der Waals surface area contributed by atoms with Crippen molar-refractivity contribution in [1.82, 2.24) is 19.7 Å². The van der Waals surface area contributed by atoms with Gasteiger partial charge in [0.15, 0.2) is 5.13 Å². The summed E-state index contributed by atoms with van der Waals surface area (Å²) in [5, 5.41) is 5.29. The number of thiazole rings is 1. The molecule has 1 aromatic carbocycles. The molecule has 1 aromatic heterocycles. The van der Waals surface area contributed by atoms with Crippen LogP contribution in [0.5, 0.6) is 0 Å². The van der Waals surface area contributed by atoms with Crippen molar-refractivity contribution in [2.75, 3.05) is 58.3 Å². The Labute approximate surface area is 223 Å². The molecule has 0 unspecified atom stereocenters. The number of ether oxygens (including phenoxy) is 1. The van der Waals surface area contributed by atoms with E-state index in [4.69, 9.17) is 27.9 Å². The highest BCUT2D eigenvalue weighted by atomic mass is 35.5. The van der Waals surface area contributed by atoms with Crippen LogP contribution < -0.4 is 5.32 Å². The van der Waals surface area contributed by atoms with E-state index in [1.54, 1.807) is 21.2 Å². The Morgan fingerprint density at radius 1 is 1.11 bits per heavy atom. The average molecular weight is 556 g/mol. The summed E-state index contributed by atoms with van der Waals surface area (Å²) in [5.41, 5.74) is 0.838. The Balaban J connectivity index is 1.56. The summed E-state index contributed by atoms with van der Waals surface area (Å²) in [6.07, 6.45) is 0.0994. The second-order valence-corrected chi connectivity index (χ2v) is 9.78. The molecule has 1 fully saturated rings. The fraction of sp³-hybridized carbons (Fsp3) is 0.435. The zero-order valence-corrected chi connectivity index (χ0v) is 22.3. The van der Waals surface area contributed by atoms with Crippen molar-refractivity contribution in [2.45, 2.75) is 13.3 Å². The number of carbonyl (C=O) groups is 4. The number of anilines is 1. The highest BCUT2D eigenvalue weighted by Gasteiger charge is 2.24. The first-order chi connectivity index (χ1) is 17.2. The average Bonchev–Trinajstić information content (AvgIpc) is 3.29. The van der Waals surface area contributed by atoms with Gasteiger partial charge in [0.2, 0.25) is 17.7 Å². The zero-order valence-electron chi connectivity index (χ0n) is 20.0. The van der Waals surface area contributed by atoms with Gasteiger partial charge in [-0.1, -0.05) is 23.2 Å². The number of benzene rings is 1. The van der Waals surface area contributed by atoms with Crippen molar-refractivity contribution in [3.05, 3.63) is 44.9 Å². The number of rotatable bonds is 9. The summed E-state index contributed by atoms with van der Waals surface area (Å²) in [6, 6.07) is 4.51. The molecule has 0 aliphatic carbocycles. The van der Waals surface area contributed by atoms with Crippen LogP contribution >= 0.6 is 34.5 Å². The number of nitrogens with zero attached hydrogens (tertiary/aromatic N) is 4. The predicted molar refractivity (Wildman–Crippen MR) is 138 cm³/mol. The topological polar surface area (TPSA) is 112 Å². The number of piperazine rings is 1.